The Balaban J connectivity index is 1.84. The molecule has 114 valence electrons. The molecule has 4 rings (SSSR count). The van der Waals surface area contributed by atoms with Gasteiger partial charge < -0.3 is 15.1 Å². The van der Waals surface area contributed by atoms with Gasteiger partial charge in [-0.25, -0.2) is 0 Å². The second-order valence-electron chi connectivity index (χ2n) is 5.69. The fraction of sp³-hybridized carbons (Fsp3) is 0.375. The van der Waals surface area contributed by atoms with Gasteiger partial charge in [0.2, 0.25) is 11.8 Å². The van der Waals surface area contributed by atoms with Crippen molar-refractivity contribution in [1.29, 1.82) is 0 Å². The average molecular weight is 299 g/mol. The van der Waals surface area contributed by atoms with E-state index in [0.717, 1.165) is 28.7 Å². The molecule has 22 heavy (non-hydrogen) atoms. The molecule has 0 radical (unpaired) electrons. The van der Waals surface area contributed by atoms with Crippen molar-refractivity contribution < 1.29 is 14.0 Å². The van der Waals surface area contributed by atoms with Crippen LogP contribution in [0, 0.1) is 0 Å². The Hall–Kier alpha value is -2.34. The Labute approximate surface area is 127 Å². The second kappa shape index (κ2) is 4.84. The molecule has 3 heterocycles. The van der Waals surface area contributed by atoms with Crippen molar-refractivity contribution in [2.45, 2.75) is 25.6 Å². The summed E-state index contributed by atoms with van der Waals surface area (Å²) in [6, 6.07) is 7.50. The fourth-order valence-corrected chi connectivity index (χ4v) is 3.40. The number of nitrogens with one attached hydrogen (secondary N) is 2. The number of benzene rings is 1. The van der Waals surface area contributed by atoms with Crippen molar-refractivity contribution in [2.24, 2.45) is 0 Å². The third-order valence-corrected chi connectivity index (χ3v) is 4.44. The summed E-state index contributed by atoms with van der Waals surface area (Å²) in [6.45, 7) is 2.60. The number of carbonyl (C=O) groups is 2. The zero-order valence-electron chi connectivity index (χ0n) is 12.3. The minimum atomic E-state index is -0.305. The van der Waals surface area contributed by atoms with Crippen LogP contribution in [0.15, 0.2) is 28.7 Å². The van der Waals surface area contributed by atoms with Crippen LogP contribution in [0.5, 0.6) is 0 Å². The highest BCUT2D eigenvalue weighted by atomic mass is 16.3. The van der Waals surface area contributed by atoms with Gasteiger partial charge >= 0.3 is 0 Å². The van der Waals surface area contributed by atoms with Gasteiger partial charge in [-0.05, 0) is 6.07 Å². The zero-order chi connectivity index (χ0) is 15.3. The summed E-state index contributed by atoms with van der Waals surface area (Å²) in [4.78, 5) is 25.9. The number of para-hydroxylation sites is 1. The number of piperazine rings is 1. The Morgan fingerprint density at radius 2 is 2.14 bits per heavy atom. The van der Waals surface area contributed by atoms with Crippen molar-refractivity contribution in [1.82, 2.24) is 15.5 Å². The lowest BCUT2D eigenvalue weighted by molar-refractivity contribution is -0.128. The Morgan fingerprint density at radius 1 is 1.32 bits per heavy atom. The summed E-state index contributed by atoms with van der Waals surface area (Å²) < 4.78 is 5.92. The number of amides is 2. The largest absolute Gasteiger partial charge is 0.461 e. The molecule has 2 unspecified atom stereocenters. The van der Waals surface area contributed by atoms with Gasteiger partial charge in [-0.1, -0.05) is 25.1 Å². The molecule has 1 aromatic carbocycles. The first-order valence-corrected chi connectivity index (χ1v) is 7.52. The molecule has 0 spiro atoms. The first-order valence-electron chi connectivity index (χ1n) is 7.52. The SMILES string of the molecule is CCc1oc2ccccc2c1C1NC(=O)C2CNC(=O)CN21. The molecule has 0 bridgehead atoms. The summed E-state index contributed by atoms with van der Waals surface area (Å²) >= 11 is 0. The molecule has 0 aliphatic carbocycles. The minimum absolute atomic E-state index is 0.0441. The van der Waals surface area contributed by atoms with Crippen LogP contribution in [0.3, 0.4) is 0 Å². The quantitative estimate of drug-likeness (QED) is 0.865. The van der Waals surface area contributed by atoms with Gasteiger partial charge in [0.05, 0.1) is 6.54 Å². The second-order valence-corrected chi connectivity index (χ2v) is 5.69. The number of hydrogen-bond acceptors (Lipinski definition) is 4. The Kier molecular flexibility index (Phi) is 2.94. The van der Waals surface area contributed by atoms with E-state index in [0.29, 0.717) is 6.54 Å². The maximum Gasteiger partial charge on any atom is 0.240 e. The van der Waals surface area contributed by atoms with E-state index in [9.17, 15) is 9.59 Å². The third kappa shape index (κ3) is 1.84. The van der Waals surface area contributed by atoms with E-state index in [4.69, 9.17) is 4.42 Å². The van der Waals surface area contributed by atoms with Crippen LogP contribution in [-0.4, -0.2) is 35.8 Å². The molecule has 2 aromatic rings. The monoisotopic (exact) mass is 299 g/mol. The average Bonchev–Trinajstić information content (AvgIpc) is 3.04. The van der Waals surface area contributed by atoms with Crippen molar-refractivity contribution in [3.63, 3.8) is 0 Å². The van der Waals surface area contributed by atoms with E-state index in [1.165, 1.54) is 0 Å². The van der Waals surface area contributed by atoms with Crippen molar-refractivity contribution in [2.75, 3.05) is 13.1 Å². The zero-order valence-corrected chi connectivity index (χ0v) is 12.3. The molecule has 1 aromatic heterocycles. The highest BCUT2D eigenvalue weighted by Gasteiger charge is 2.45. The number of nitrogens with zero attached hydrogens (tertiary/aromatic N) is 1. The van der Waals surface area contributed by atoms with Gasteiger partial charge in [-0.3, -0.25) is 14.5 Å². The van der Waals surface area contributed by atoms with E-state index in [1.807, 2.05) is 36.1 Å². The summed E-state index contributed by atoms with van der Waals surface area (Å²) in [5, 5.41) is 6.77. The van der Waals surface area contributed by atoms with Crippen molar-refractivity contribution in [3.05, 3.63) is 35.6 Å². The summed E-state index contributed by atoms with van der Waals surface area (Å²) in [5.41, 5.74) is 1.79. The van der Waals surface area contributed by atoms with E-state index in [2.05, 4.69) is 10.6 Å². The Bertz CT molecular complexity index is 767. The molecular weight excluding hydrogens is 282 g/mol. The van der Waals surface area contributed by atoms with Crippen molar-refractivity contribution in [3.8, 4) is 0 Å². The molecule has 2 aliphatic rings. The van der Waals surface area contributed by atoms with Gasteiger partial charge in [-0.15, -0.1) is 0 Å². The molecule has 6 nitrogen and oxygen atoms in total. The van der Waals surface area contributed by atoms with Gasteiger partial charge in [0.15, 0.2) is 0 Å². The minimum Gasteiger partial charge on any atom is -0.461 e. The van der Waals surface area contributed by atoms with E-state index in [-0.39, 0.29) is 30.6 Å². The Morgan fingerprint density at radius 3 is 2.95 bits per heavy atom. The van der Waals surface area contributed by atoms with Crippen LogP contribution in [0.25, 0.3) is 11.0 Å². The molecule has 2 amide bonds. The summed E-state index contributed by atoms with van der Waals surface area (Å²) in [6.07, 6.45) is 0.434. The van der Waals surface area contributed by atoms with Crippen molar-refractivity contribution >= 4 is 22.8 Å². The molecule has 2 atom stereocenters. The highest BCUT2D eigenvalue weighted by Crippen LogP contribution is 2.36. The lowest BCUT2D eigenvalue weighted by Gasteiger charge is -2.31. The highest BCUT2D eigenvalue weighted by molar-refractivity contribution is 5.91. The topological polar surface area (TPSA) is 74.6 Å². The molecule has 2 N–H and O–H groups in total. The number of fused-ring (bicyclic) bond motifs is 2. The van der Waals surface area contributed by atoms with Crippen LogP contribution in [-0.2, 0) is 16.0 Å². The van der Waals surface area contributed by atoms with E-state index in [1.54, 1.807) is 0 Å². The third-order valence-electron chi connectivity index (χ3n) is 4.44. The van der Waals surface area contributed by atoms with Crippen LogP contribution in [0.1, 0.15) is 24.4 Å². The van der Waals surface area contributed by atoms with Gasteiger partial charge in [0.1, 0.15) is 23.6 Å². The lowest BCUT2D eigenvalue weighted by Crippen LogP contribution is -2.53. The number of furan rings is 1. The normalized spacial score (nSPS) is 25.1. The van der Waals surface area contributed by atoms with Crippen LogP contribution in [0.2, 0.25) is 0 Å². The van der Waals surface area contributed by atoms with E-state index >= 15 is 0 Å². The molecule has 0 saturated carbocycles. The summed E-state index contributed by atoms with van der Waals surface area (Å²) in [7, 11) is 0. The fourth-order valence-electron chi connectivity index (χ4n) is 3.40. The predicted molar refractivity (Wildman–Crippen MR) is 80.0 cm³/mol. The lowest BCUT2D eigenvalue weighted by atomic mass is 10.1. The number of aryl methyl sites for hydroxylation is 1. The van der Waals surface area contributed by atoms with E-state index < -0.39 is 0 Å². The molecule has 6 heteroatoms. The van der Waals surface area contributed by atoms with Crippen LogP contribution >= 0.6 is 0 Å². The number of carbonyl (C=O) groups excluding carboxylic acids is 2. The predicted octanol–water partition coefficient (Wildman–Crippen LogP) is 0.924. The summed E-state index contributed by atoms with van der Waals surface area (Å²) in [5.74, 6) is 0.763. The van der Waals surface area contributed by atoms with Gasteiger partial charge in [0.25, 0.3) is 0 Å². The maximum atomic E-state index is 12.2. The smallest absolute Gasteiger partial charge is 0.240 e. The standard InChI is InChI=1S/C16H17N3O3/c1-2-11-14(9-5-3-4-6-12(9)22-11)15-18-16(21)10-7-17-13(20)8-19(10)15/h3-6,10,15H,2,7-8H2,1H3,(H,17,20)(H,18,21). The maximum absolute atomic E-state index is 12.2. The van der Waals surface area contributed by atoms with Crippen LogP contribution in [0.4, 0.5) is 0 Å². The number of hydrogen-bond donors (Lipinski definition) is 2. The first-order chi connectivity index (χ1) is 10.7. The van der Waals surface area contributed by atoms with Crippen LogP contribution < -0.4 is 10.6 Å². The molecule has 2 aliphatic heterocycles. The molecule has 2 fully saturated rings. The van der Waals surface area contributed by atoms with Gasteiger partial charge in [-0.2, -0.15) is 0 Å². The first kappa shape index (κ1) is 13.3. The molecule has 2 saturated heterocycles. The molecular formula is C16H17N3O3. The van der Waals surface area contributed by atoms with Gasteiger partial charge in [0, 0.05) is 23.9 Å². The number of rotatable bonds is 2.